The van der Waals surface area contributed by atoms with Crippen molar-refractivity contribution in [2.24, 2.45) is 0 Å². The van der Waals surface area contributed by atoms with Crippen molar-refractivity contribution in [3.8, 4) is 0 Å². The second-order valence-electron chi connectivity index (χ2n) is 3.93. The molecule has 3 aromatic rings. The van der Waals surface area contributed by atoms with E-state index in [0.29, 0.717) is 0 Å². The molecule has 0 saturated heterocycles. The minimum absolute atomic E-state index is 0.726. The van der Waals surface area contributed by atoms with Gasteiger partial charge < -0.3 is 5.32 Å². The fraction of sp³-hybridized carbons (Fsp3) is 0.0714. The van der Waals surface area contributed by atoms with Gasteiger partial charge in [-0.05, 0) is 18.2 Å². The van der Waals surface area contributed by atoms with E-state index >= 15 is 0 Å². The first-order valence-corrected chi connectivity index (χ1v) is 6.84. The molecule has 1 N–H and O–H groups in total. The number of thiophene rings is 1. The number of hydrogen-bond acceptors (Lipinski definition) is 3. The Kier molecular flexibility index (Phi) is 3.17. The van der Waals surface area contributed by atoms with Crippen LogP contribution in [0.3, 0.4) is 0 Å². The van der Waals surface area contributed by atoms with Crippen LogP contribution in [0.25, 0.3) is 10.1 Å². The first kappa shape index (κ1) is 11.5. The van der Waals surface area contributed by atoms with Gasteiger partial charge in [-0.1, -0.05) is 29.8 Å². The van der Waals surface area contributed by atoms with Gasteiger partial charge in [0.1, 0.15) is 0 Å². The maximum absolute atomic E-state index is 6.38. The molecule has 90 valence electrons. The molecule has 0 unspecified atom stereocenters. The summed E-state index contributed by atoms with van der Waals surface area (Å²) in [6, 6.07) is 12.1. The van der Waals surface area contributed by atoms with Crippen LogP contribution in [0.1, 0.15) is 4.88 Å². The number of pyridine rings is 1. The Morgan fingerprint density at radius 2 is 2.06 bits per heavy atom. The van der Waals surface area contributed by atoms with Gasteiger partial charge >= 0.3 is 0 Å². The summed E-state index contributed by atoms with van der Waals surface area (Å²) in [5.41, 5.74) is 1.01. The van der Waals surface area contributed by atoms with E-state index in [-0.39, 0.29) is 0 Å². The van der Waals surface area contributed by atoms with Crippen LogP contribution in [0.15, 0.2) is 48.8 Å². The molecule has 0 radical (unpaired) electrons. The Morgan fingerprint density at radius 3 is 2.83 bits per heavy atom. The lowest BCUT2D eigenvalue weighted by Crippen LogP contribution is -1.97. The zero-order valence-corrected chi connectivity index (χ0v) is 11.1. The van der Waals surface area contributed by atoms with Gasteiger partial charge in [-0.15, -0.1) is 11.3 Å². The van der Waals surface area contributed by atoms with Crippen LogP contribution in [0.5, 0.6) is 0 Å². The molecule has 0 aliphatic heterocycles. The lowest BCUT2D eigenvalue weighted by molar-refractivity contribution is 1.17. The summed E-state index contributed by atoms with van der Waals surface area (Å²) < 4.78 is 1.23. The largest absolute Gasteiger partial charge is 0.379 e. The highest BCUT2D eigenvalue weighted by atomic mass is 35.5. The van der Waals surface area contributed by atoms with Gasteiger partial charge in [0, 0.05) is 27.4 Å². The third-order valence-corrected chi connectivity index (χ3v) is 4.43. The van der Waals surface area contributed by atoms with Crippen LogP contribution in [0.4, 0.5) is 5.69 Å². The van der Waals surface area contributed by atoms with Crippen LogP contribution in [-0.2, 0) is 6.54 Å². The van der Waals surface area contributed by atoms with Crippen LogP contribution >= 0.6 is 22.9 Å². The molecule has 0 amide bonds. The molecule has 0 bridgehead atoms. The molecule has 2 heterocycles. The summed E-state index contributed by atoms with van der Waals surface area (Å²) in [5.74, 6) is 0. The van der Waals surface area contributed by atoms with Gasteiger partial charge in [0.25, 0.3) is 0 Å². The van der Waals surface area contributed by atoms with Gasteiger partial charge in [0.2, 0.25) is 0 Å². The van der Waals surface area contributed by atoms with E-state index in [9.17, 15) is 0 Å². The van der Waals surface area contributed by atoms with E-state index < -0.39 is 0 Å². The molecule has 4 heteroatoms. The van der Waals surface area contributed by atoms with Crippen molar-refractivity contribution in [1.29, 1.82) is 0 Å². The standard InChI is InChI=1S/C14H11ClN2S/c15-14-11-5-1-2-6-12(11)18-13(14)9-17-10-4-3-7-16-8-10/h1-8,17H,9H2. The minimum Gasteiger partial charge on any atom is -0.379 e. The van der Waals surface area contributed by atoms with Crippen LogP contribution in [0, 0.1) is 0 Å². The van der Waals surface area contributed by atoms with Crippen molar-refractivity contribution in [2.75, 3.05) is 5.32 Å². The molecule has 1 aromatic carbocycles. The number of nitrogens with one attached hydrogen (secondary N) is 1. The first-order chi connectivity index (χ1) is 8.84. The van der Waals surface area contributed by atoms with Crippen LogP contribution in [0.2, 0.25) is 5.02 Å². The third-order valence-electron chi connectivity index (χ3n) is 2.72. The molecular weight excluding hydrogens is 264 g/mol. The van der Waals surface area contributed by atoms with Gasteiger partial charge in [0.15, 0.2) is 0 Å². The summed E-state index contributed by atoms with van der Waals surface area (Å²) in [7, 11) is 0. The number of benzene rings is 1. The van der Waals surface area contributed by atoms with Crippen molar-refractivity contribution in [3.63, 3.8) is 0 Å². The van der Waals surface area contributed by atoms with Crippen molar-refractivity contribution >= 4 is 38.7 Å². The van der Waals surface area contributed by atoms with E-state index in [0.717, 1.165) is 27.5 Å². The van der Waals surface area contributed by atoms with Gasteiger partial charge in [-0.2, -0.15) is 0 Å². The highest BCUT2D eigenvalue weighted by Gasteiger charge is 2.09. The SMILES string of the molecule is Clc1c(CNc2cccnc2)sc2ccccc12. The predicted octanol–water partition coefficient (Wildman–Crippen LogP) is 4.56. The number of aromatic nitrogens is 1. The molecule has 0 aliphatic rings. The van der Waals surface area contributed by atoms with E-state index in [1.807, 2.05) is 24.3 Å². The normalized spacial score (nSPS) is 10.7. The molecule has 0 atom stereocenters. The lowest BCUT2D eigenvalue weighted by atomic mass is 10.2. The molecule has 3 rings (SSSR count). The maximum atomic E-state index is 6.38. The monoisotopic (exact) mass is 274 g/mol. The number of hydrogen-bond donors (Lipinski definition) is 1. The van der Waals surface area contributed by atoms with Gasteiger partial charge in [-0.25, -0.2) is 0 Å². The average molecular weight is 275 g/mol. The van der Waals surface area contributed by atoms with Crippen LogP contribution < -0.4 is 5.32 Å². The summed E-state index contributed by atoms with van der Waals surface area (Å²) in [5, 5.41) is 5.31. The van der Waals surface area contributed by atoms with Crippen molar-refractivity contribution in [3.05, 3.63) is 58.7 Å². The van der Waals surface area contributed by atoms with E-state index in [1.54, 1.807) is 23.7 Å². The molecule has 0 spiro atoms. The molecule has 0 aliphatic carbocycles. The van der Waals surface area contributed by atoms with Crippen LogP contribution in [-0.4, -0.2) is 4.98 Å². The quantitative estimate of drug-likeness (QED) is 0.757. The second kappa shape index (κ2) is 4.96. The number of fused-ring (bicyclic) bond motifs is 1. The lowest BCUT2D eigenvalue weighted by Gasteiger charge is -2.03. The Morgan fingerprint density at radius 1 is 1.17 bits per heavy atom. The highest BCUT2D eigenvalue weighted by Crippen LogP contribution is 2.35. The zero-order chi connectivity index (χ0) is 12.4. The maximum Gasteiger partial charge on any atom is 0.0642 e. The Hall–Kier alpha value is -1.58. The topological polar surface area (TPSA) is 24.9 Å². The summed E-state index contributed by atoms with van der Waals surface area (Å²) in [6.07, 6.45) is 3.57. The summed E-state index contributed by atoms with van der Waals surface area (Å²) in [4.78, 5) is 5.22. The van der Waals surface area contributed by atoms with Crippen molar-refractivity contribution in [2.45, 2.75) is 6.54 Å². The van der Waals surface area contributed by atoms with E-state index in [1.165, 1.54) is 4.70 Å². The number of rotatable bonds is 3. The zero-order valence-electron chi connectivity index (χ0n) is 9.56. The minimum atomic E-state index is 0.726. The number of halogens is 1. The number of nitrogens with zero attached hydrogens (tertiary/aromatic N) is 1. The molecule has 18 heavy (non-hydrogen) atoms. The number of anilines is 1. The van der Waals surface area contributed by atoms with Gasteiger partial charge in [0.05, 0.1) is 17.3 Å². The smallest absolute Gasteiger partial charge is 0.0642 e. The first-order valence-electron chi connectivity index (χ1n) is 5.64. The fourth-order valence-electron chi connectivity index (χ4n) is 1.83. The molecule has 2 nitrogen and oxygen atoms in total. The average Bonchev–Trinajstić information content (AvgIpc) is 2.75. The Balaban J connectivity index is 1.85. The van der Waals surface area contributed by atoms with Crippen molar-refractivity contribution < 1.29 is 0 Å². The van der Waals surface area contributed by atoms with Gasteiger partial charge in [-0.3, -0.25) is 4.98 Å². The van der Waals surface area contributed by atoms with E-state index in [4.69, 9.17) is 11.6 Å². The third kappa shape index (κ3) is 2.19. The highest BCUT2D eigenvalue weighted by molar-refractivity contribution is 7.19. The summed E-state index contributed by atoms with van der Waals surface area (Å²) in [6.45, 7) is 0.726. The fourth-order valence-corrected chi connectivity index (χ4v) is 3.27. The molecule has 0 saturated carbocycles. The predicted molar refractivity (Wildman–Crippen MR) is 78.4 cm³/mol. The molecule has 2 aromatic heterocycles. The Bertz CT molecular complexity index is 664. The molecule has 0 fully saturated rings. The van der Waals surface area contributed by atoms with E-state index in [2.05, 4.69) is 22.4 Å². The van der Waals surface area contributed by atoms with Crippen molar-refractivity contribution in [1.82, 2.24) is 4.98 Å². The second-order valence-corrected chi connectivity index (χ2v) is 5.45. The summed E-state index contributed by atoms with van der Waals surface area (Å²) >= 11 is 8.11. The molecular formula is C14H11ClN2S. The Labute approximate surface area is 114 Å².